The Morgan fingerprint density at radius 2 is 1.62 bits per heavy atom. The van der Waals surface area contributed by atoms with Crippen molar-refractivity contribution in [3.05, 3.63) is 83.8 Å². The van der Waals surface area contributed by atoms with E-state index in [1.807, 2.05) is 0 Å². The van der Waals surface area contributed by atoms with E-state index in [1.54, 1.807) is 24.3 Å². The number of nitrogens with zero attached hydrogens (tertiary/aromatic N) is 3. The van der Waals surface area contributed by atoms with Crippen LogP contribution >= 0.6 is 0 Å². The molecule has 0 saturated heterocycles. The van der Waals surface area contributed by atoms with Gasteiger partial charge in [0.25, 0.3) is 5.91 Å². The van der Waals surface area contributed by atoms with E-state index in [0.717, 1.165) is 18.2 Å². The first-order valence-electron chi connectivity index (χ1n) is 9.03. The Morgan fingerprint density at radius 1 is 0.875 bits per heavy atom. The van der Waals surface area contributed by atoms with Gasteiger partial charge in [0, 0.05) is 5.39 Å². The minimum absolute atomic E-state index is 0.147. The van der Waals surface area contributed by atoms with Crippen molar-refractivity contribution in [2.24, 2.45) is 0 Å². The summed E-state index contributed by atoms with van der Waals surface area (Å²) >= 11 is 0. The standard InChI is InChI=1S/C21H12F6N4O/c22-20(23,24)13-5-3-6-15(9-13)31-18(21(25,26)27)16(11-29-31)19(32)30-14-8-12-4-1-2-7-17(12)28-10-14/h1-11H,(H,30,32). The predicted octanol–water partition coefficient (Wildman–Crippen LogP) is 5.71. The Kier molecular flexibility index (Phi) is 5.11. The number of para-hydroxylation sites is 1. The van der Waals surface area contributed by atoms with Crippen LogP contribution in [0.25, 0.3) is 16.6 Å². The zero-order valence-corrected chi connectivity index (χ0v) is 15.9. The van der Waals surface area contributed by atoms with Crippen LogP contribution in [0.2, 0.25) is 0 Å². The fraction of sp³-hybridized carbons (Fsp3) is 0.0952. The van der Waals surface area contributed by atoms with Crippen molar-refractivity contribution < 1.29 is 31.1 Å². The predicted molar refractivity (Wildman–Crippen MR) is 103 cm³/mol. The van der Waals surface area contributed by atoms with E-state index in [-0.39, 0.29) is 10.4 Å². The van der Waals surface area contributed by atoms with Gasteiger partial charge in [0.15, 0.2) is 5.69 Å². The number of carbonyl (C=O) groups excluding carboxylic acids is 1. The summed E-state index contributed by atoms with van der Waals surface area (Å²) in [5.41, 5.74) is -3.20. The first kappa shape index (κ1) is 21.3. The minimum atomic E-state index is -5.07. The molecule has 4 aromatic rings. The fourth-order valence-electron chi connectivity index (χ4n) is 3.13. The van der Waals surface area contributed by atoms with Crippen LogP contribution in [0.3, 0.4) is 0 Å². The van der Waals surface area contributed by atoms with Crippen LogP contribution in [0, 0.1) is 0 Å². The number of hydrogen-bond donors (Lipinski definition) is 1. The van der Waals surface area contributed by atoms with Gasteiger partial charge in [0.05, 0.1) is 40.4 Å². The van der Waals surface area contributed by atoms with Gasteiger partial charge in [0.2, 0.25) is 0 Å². The van der Waals surface area contributed by atoms with Crippen LogP contribution in [0.4, 0.5) is 32.0 Å². The van der Waals surface area contributed by atoms with Crippen molar-refractivity contribution in [3.63, 3.8) is 0 Å². The first-order chi connectivity index (χ1) is 15.0. The number of amides is 1. The van der Waals surface area contributed by atoms with E-state index in [0.29, 0.717) is 23.2 Å². The maximum absolute atomic E-state index is 13.8. The number of nitrogens with one attached hydrogen (secondary N) is 1. The Bertz CT molecular complexity index is 1310. The molecule has 1 N–H and O–H groups in total. The molecule has 32 heavy (non-hydrogen) atoms. The van der Waals surface area contributed by atoms with Crippen molar-refractivity contribution in [1.82, 2.24) is 14.8 Å². The molecule has 2 aromatic carbocycles. The number of halogens is 6. The van der Waals surface area contributed by atoms with E-state index < -0.39 is 40.8 Å². The number of anilines is 1. The molecule has 0 aliphatic rings. The molecule has 11 heteroatoms. The molecule has 0 aliphatic carbocycles. The second-order valence-electron chi connectivity index (χ2n) is 6.74. The van der Waals surface area contributed by atoms with Crippen molar-refractivity contribution in [2.45, 2.75) is 12.4 Å². The van der Waals surface area contributed by atoms with Crippen LogP contribution in [-0.4, -0.2) is 20.7 Å². The molecular formula is C21H12F6N4O. The van der Waals surface area contributed by atoms with Gasteiger partial charge >= 0.3 is 12.4 Å². The summed E-state index contributed by atoms with van der Waals surface area (Å²) in [5.74, 6) is -1.13. The summed E-state index contributed by atoms with van der Waals surface area (Å²) < 4.78 is 80.6. The molecule has 1 amide bonds. The molecule has 4 rings (SSSR count). The van der Waals surface area contributed by atoms with Crippen molar-refractivity contribution >= 4 is 22.5 Å². The summed E-state index contributed by atoms with van der Waals surface area (Å²) in [6.45, 7) is 0. The van der Waals surface area contributed by atoms with E-state index in [9.17, 15) is 31.1 Å². The third-order valence-corrected chi connectivity index (χ3v) is 4.55. The number of pyridine rings is 1. The highest BCUT2D eigenvalue weighted by Gasteiger charge is 2.41. The zero-order chi connectivity index (χ0) is 23.1. The lowest BCUT2D eigenvalue weighted by Gasteiger charge is -2.14. The number of benzene rings is 2. The Hall–Kier alpha value is -3.89. The lowest BCUT2D eigenvalue weighted by atomic mass is 10.1. The van der Waals surface area contributed by atoms with E-state index >= 15 is 0 Å². The third-order valence-electron chi connectivity index (χ3n) is 4.55. The van der Waals surface area contributed by atoms with Crippen molar-refractivity contribution in [1.29, 1.82) is 0 Å². The van der Waals surface area contributed by atoms with Crippen molar-refractivity contribution in [2.75, 3.05) is 5.32 Å². The van der Waals surface area contributed by atoms with Gasteiger partial charge in [-0.25, -0.2) is 4.68 Å². The summed E-state index contributed by atoms with van der Waals surface area (Å²) in [6, 6.07) is 11.7. The minimum Gasteiger partial charge on any atom is -0.320 e. The molecule has 2 heterocycles. The van der Waals surface area contributed by atoms with Crippen LogP contribution in [-0.2, 0) is 12.4 Å². The fourth-order valence-corrected chi connectivity index (χ4v) is 3.13. The van der Waals surface area contributed by atoms with Gasteiger partial charge < -0.3 is 5.32 Å². The highest BCUT2D eigenvalue weighted by Crippen LogP contribution is 2.36. The molecular weight excluding hydrogens is 438 g/mol. The van der Waals surface area contributed by atoms with Gasteiger partial charge in [-0.1, -0.05) is 24.3 Å². The van der Waals surface area contributed by atoms with Gasteiger partial charge in [-0.3, -0.25) is 9.78 Å². The van der Waals surface area contributed by atoms with Crippen LogP contribution < -0.4 is 5.32 Å². The number of alkyl halides is 6. The van der Waals surface area contributed by atoms with E-state index in [4.69, 9.17) is 0 Å². The maximum atomic E-state index is 13.8. The summed E-state index contributed by atoms with van der Waals surface area (Å²) in [5, 5.41) is 6.52. The monoisotopic (exact) mass is 450 g/mol. The maximum Gasteiger partial charge on any atom is 0.434 e. The summed E-state index contributed by atoms with van der Waals surface area (Å²) in [7, 11) is 0. The summed E-state index contributed by atoms with van der Waals surface area (Å²) in [6.07, 6.45) is -7.89. The SMILES string of the molecule is O=C(Nc1cnc2ccccc2c1)c1cnn(-c2cccc(C(F)(F)F)c2)c1C(F)(F)F. The Balaban J connectivity index is 1.73. The Labute approximate surface area is 176 Å². The van der Waals surface area contributed by atoms with E-state index in [2.05, 4.69) is 15.4 Å². The number of carbonyl (C=O) groups is 1. The normalized spacial score (nSPS) is 12.2. The second kappa shape index (κ2) is 7.66. The second-order valence-corrected chi connectivity index (χ2v) is 6.74. The molecule has 0 aliphatic heterocycles. The highest BCUT2D eigenvalue weighted by atomic mass is 19.4. The molecule has 0 radical (unpaired) electrons. The molecule has 0 unspecified atom stereocenters. The Morgan fingerprint density at radius 3 is 2.34 bits per heavy atom. The van der Waals surface area contributed by atoms with Gasteiger partial charge in [-0.2, -0.15) is 31.4 Å². The number of rotatable bonds is 3. The van der Waals surface area contributed by atoms with Crippen molar-refractivity contribution in [3.8, 4) is 5.69 Å². The molecule has 0 spiro atoms. The lowest BCUT2D eigenvalue weighted by Crippen LogP contribution is -2.21. The van der Waals surface area contributed by atoms with Crippen LogP contribution in [0.5, 0.6) is 0 Å². The lowest BCUT2D eigenvalue weighted by molar-refractivity contribution is -0.143. The van der Waals surface area contributed by atoms with Gasteiger partial charge in [0.1, 0.15) is 0 Å². The number of aromatic nitrogens is 3. The molecule has 164 valence electrons. The quantitative estimate of drug-likeness (QED) is 0.407. The van der Waals surface area contributed by atoms with Crippen LogP contribution in [0.15, 0.2) is 67.0 Å². The zero-order valence-electron chi connectivity index (χ0n) is 15.9. The molecule has 0 fully saturated rings. The third kappa shape index (κ3) is 4.13. The van der Waals surface area contributed by atoms with Gasteiger partial charge in [-0.15, -0.1) is 0 Å². The summed E-state index contributed by atoms with van der Waals surface area (Å²) in [4.78, 5) is 16.7. The number of fused-ring (bicyclic) bond motifs is 1. The molecule has 0 atom stereocenters. The van der Waals surface area contributed by atoms with Gasteiger partial charge in [-0.05, 0) is 30.3 Å². The number of hydrogen-bond acceptors (Lipinski definition) is 3. The largest absolute Gasteiger partial charge is 0.434 e. The first-order valence-corrected chi connectivity index (χ1v) is 9.03. The average Bonchev–Trinajstić information content (AvgIpc) is 3.19. The van der Waals surface area contributed by atoms with Crippen LogP contribution in [0.1, 0.15) is 21.6 Å². The molecule has 5 nitrogen and oxygen atoms in total. The topological polar surface area (TPSA) is 59.8 Å². The average molecular weight is 450 g/mol. The molecule has 0 bridgehead atoms. The smallest absolute Gasteiger partial charge is 0.320 e. The molecule has 0 saturated carbocycles. The highest BCUT2D eigenvalue weighted by molar-refractivity contribution is 6.05. The molecule has 2 aromatic heterocycles. The van der Waals surface area contributed by atoms with E-state index in [1.165, 1.54) is 12.3 Å².